The van der Waals surface area contributed by atoms with E-state index < -0.39 is 10.0 Å². The van der Waals surface area contributed by atoms with Crippen LogP contribution in [0.15, 0.2) is 196 Å². The van der Waals surface area contributed by atoms with Crippen molar-refractivity contribution in [1.29, 1.82) is 0 Å². The zero-order valence-electron chi connectivity index (χ0n) is 46.5. The summed E-state index contributed by atoms with van der Waals surface area (Å²) in [5.74, 6) is 0. The predicted octanol–water partition coefficient (Wildman–Crippen LogP) is -6.09. The third-order valence-electron chi connectivity index (χ3n) is 18.2. The van der Waals surface area contributed by atoms with E-state index in [0.717, 1.165) is 0 Å². The molecule has 2 nitrogen and oxygen atoms in total. The fourth-order valence-corrected chi connectivity index (χ4v) is 17.6. The maximum absolute atomic E-state index is 2.63. The van der Waals surface area contributed by atoms with Gasteiger partial charge in [-0.25, -0.2) is 0 Å². The number of aromatic nitrogens is 2. The van der Waals surface area contributed by atoms with Crippen LogP contribution in [0, 0.1) is 0 Å². The van der Waals surface area contributed by atoms with Crippen molar-refractivity contribution in [3.05, 3.63) is 176 Å². The van der Waals surface area contributed by atoms with Gasteiger partial charge in [-0.15, -0.1) is 37.3 Å². The second-order valence-electron chi connectivity index (χ2n) is 21.6. The molecule has 0 amide bonds. The molecule has 0 atom stereocenters. The van der Waals surface area contributed by atoms with Crippen molar-refractivity contribution in [1.82, 2.24) is 9.13 Å². The molecule has 350 valence electrons. The SMILES string of the molecule is Bc1c(B)c(B)c(S(c2ccccc2)(c2ccccc2)c2cc(-c3ccccc3)c(-n3c4ccccc4c4ccc(-n5c6c(B)c(B)c(B)c(B)c6c6c(B)c(B)c(B)c(B)c65)cc43)c(-c3ccccc3)c2)c(B)c1B. The Morgan fingerprint density at radius 3 is 1.14 bits per heavy atom. The highest BCUT2D eigenvalue weighted by atomic mass is 32.3. The lowest BCUT2D eigenvalue weighted by molar-refractivity contribution is 1.15. The highest BCUT2D eigenvalue weighted by molar-refractivity contribution is 8.34. The molecule has 10 aromatic carbocycles. The van der Waals surface area contributed by atoms with Gasteiger partial charge >= 0.3 is 0 Å². The zero-order chi connectivity index (χ0) is 53.1. The van der Waals surface area contributed by atoms with Gasteiger partial charge in [0.2, 0.25) is 0 Å². The number of fused-ring (bicyclic) bond motifs is 6. The van der Waals surface area contributed by atoms with Crippen LogP contribution in [0.4, 0.5) is 0 Å². The third kappa shape index (κ3) is 7.22. The van der Waals surface area contributed by atoms with E-state index in [1.165, 1.54) is 168 Å². The smallest absolute Gasteiger partial charge is 0.141 e. The molecule has 12 aromatic rings. The molecule has 0 aliphatic carbocycles. The number of benzene rings is 10. The molecule has 0 N–H and O–H groups in total. The average molecular weight is 977 g/mol. The van der Waals surface area contributed by atoms with Gasteiger partial charge in [0.25, 0.3) is 0 Å². The van der Waals surface area contributed by atoms with Crippen molar-refractivity contribution in [3.8, 4) is 33.6 Å². The van der Waals surface area contributed by atoms with E-state index >= 15 is 0 Å². The van der Waals surface area contributed by atoms with E-state index in [9.17, 15) is 0 Å². The minimum Gasteiger partial charge on any atom is -0.310 e. The van der Waals surface area contributed by atoms with E-state index in [1.54, 1.807) is 0 Å². The lowest BCUT2D eigenvalue weighted by Gasteiger charge is -2.46. The Morgan fingerprint density at radius 1 is 0.289 bits per heavy atom. The summed E-state index contributed by atoms with van der Waals surface area (Å²) < 4.78 is 5.25. The normalized spacial score (nSPS) is 12.1. The third-order valence-corrected chi connectivity index (χ3v) is 22.3. The highest BCUT2D eigenvalue weighted by Crippen LogP contribution is 2.73. The number of nitrogens with zero attached hydrogens (tertiary/aromatic N) is 2. The van der Waals surface area contributed by atoms with Crippen LogP contribution in [-0.2, 0) is 0 Å². The molecule has 2 heterocycles. The van der Waals surface area contributed by atoms with E-state index in [1.807, 2.05) is 0 Å². The van der Waals surface area contributed by atoms with Gasteiger partial charge in [0, 0.05) is 53.3 Å². The number of hydrogen-bond donors (Lipinski definition) is 0. The molecule has 12 rings (SSSR count). The van der Waals surface area contributed by atoms with Crippen LogP contribution in [0.5, 0.6) is 0 Å². The molecule has 0 saturated heterocycles. The molecule has 16 heteroatoms. The summed E-state index contributed by atoms with van der Waals surface area (Å²) in [7, 11) is 28.2. The maximum Gasteiger partial charge on any atom is 0.141 e. The van der Waals surface area contributed by atoms with Crippen molar-refractivity contribution in [3.63, 3.8) is 0 Å². The Labute approximate surface area is 461 Å². The predicted molar refractivity (Wildman–Crippen MR) is 372 cm³/mol. The second-order valence-corrected chi connectivity index (χ2v) is 24.7. The van der Waals surface area contributed by atoms with E-state index in [-0.39, 0.29) is 0 Å². The van der Waals surface area contributed by atoms with Crippen LogP contribution < -0.4 is 71.0 Å². The minimum atomic E-state index is -2.19. The summed E-state index contributed by atoms with van der Waals surface area (Å²) in [6.07, 6.45) is 0. The van der Waals surface area contributed by atoms with Crippen LogP contribution in [0.1, 0.15) is 0 Å². The van der Waals surface area contributed by atoms with Crippen LogP contribution >= 0.6 is 10.0 Å². The summed E-state index contributed by atoms with van der Waals surface area (Å²) in [5.41, 5.74) is 29.7. The molecular weight excluding hydrogens is 921 g/mol. The summed E-state index contributed by atoms with van der Waals surface area (Å²) >= 11 is 0. The topological polar surface area (TPSA) is 9.86 Å². The largest absolute Gasteiger partial charge is 0.310 e. The quantitative estimate of drug-likeness (QED) is 0.135. The van der Waals surface area contributed by atoms with Gasteiger partial charge in [-0.2, -0.15) is 0 Å². The summed E-state index contributed by atoms with van der Waals surface area (Å²) in [5, 5.41) is 5.21. The van der Waals surface area contributed by atoms with Gasteiger partial charge in [0.1, 0.15) is 102 Å². The standard InChI is InChI=1S/C60H55B13N2S/c61-44-42-43-45(62)47(64)50(67)54(71)59(43)74(58(42)53(70)49(66)46(44)63)32-25-26-37-36-23-13-14-24-40(36)75(41(37)27-32)57-38(30-15-5-1-6-16-30)28-35(29-39(57)31-17-7-2-8-18-31)76(33-19-9-3-10-20-33,34-21-11-4-12-22-34)60-55(72)51(68)48(65)52(69)56(60)73/h1-29H,61-73H2. The first kappa shape index (κ1) is 49.8. The lowest BCUT2D eigenvalue weighted by atomic mass is 9.62. The van der Waals surface area contributed by atoms with Gasteiger partial charge in [0.05, 0.1) is 16.7 Å². The summed E-state index contributed by atoms with van der Waals surface area (Å²) in [6, 6.07) is 66.8. The van der Waals surface area contributed by atoms with Crippen LogP contribution in [0.2, 0.25) is 0 Å². The molecular formula is C60H55B13N2S. The molecule has 0 bridgehead atoms. The van der Waals surface area contributed by atoms with E-state index in [0.29, 0.717) is 0 Å². The minimum absolute atomic E-state index is 1.17. The van der Waals surface area contributed by atoms with Crippen molar-refractivity contribution in [2.24, 2.45) is 0 Å². The van der Waals surface area contributed by atoms with Crippen LogP contribution in [-0.4, -0.2) is 111 Å². The summed E-state index contributed by atoms with van der Waals surface area (Å²) in [6.45, 7) is 0. The average Bonchev–Trinajstić information content (AvgIpc) is 4.19. The van der Waals surface area contributed by atoms with Crippen molar-refractivity contribution in [2.75, 3.05) is 0 Å². The molecule has 0 unspecified atom stereocenters. The number of para-hydroxylation sites is 1. The molecule has 0 saturated carbocycles. The van der Waals surface area contributed by atoms with Gasteiger partial charge in [-0.1, -0.05) is 165 Å². The van der Waals surface area contributed by atoms with Crippen LogP contribution in [0.3, 0.4) is 0 Å². The second kappa shape index (κ2) is 18.9. The highest BCUT2D eigenvalue weighted by Gasteiger charge is 2.38. The van der Waals surface area contributed by atoms with E-state index in [2.05, 4.69) is 287 Å². The molecule has 76 heavy (non-hydrogen) atoms. The fraction of sp³-hybridized carbons (Fsp3) is 0. The van der Waals surface area contributed by atoms with E-state index in [4.69, 9.17) is 0 Å². The van der Waals surface area contributed by atoms with Crippen molar-refractivity contribution >= 4 is 227 Å². The molecule has 0 radical (unpaired) electrons. The van der Waals surface area contributed by atoms with Crippen LogP contribution in [0.25, 0.3) is 77.2 Å². The fourth-order valence-electron chi connectivity index (χ4n) is 13.1. The van der Waals surface area contributed by atoms with Gasteiger partial charge in [0.15, 0.2) is 0 Å². The number of rotatable bonds is 8. The molecule has 2 aromatic heterocycles. The van der Waals surface area contributed by atoms with Crippen molar-refractivity contribution < 1.29 is 0 Å². The zero-order valence-corrected chi connectivity index (χ0v) is 47.4. The Hall–Kier alpha value is -7.01. The molecule has 0 spiro atoms. The first-order valence-corrected chi connectivity index (χ1v) is 28.7. The Morgan fingerprint density at radius 2 is 0.671 bits per heavy atom. The number of hydrogen-bond acceptors (Lipinski definition) is 0. The lowest BCUT2D eigenvalue weighted by Crippen LogP contribution is -2.56. The Bertz CT molecular complexity index is 4170. The summed E-state index contributed by atoms with van der Waals surface area (Å²) in [4.78, 5) is 5.37. The molecule has 0 fully saturated rings. The Kier molecular flexibility index (Phi) is 12.4. The molecule has 0 aliphatic heterocycles. The van der Waals surface area contributed by atoms with Gasteiger partial charge in [-0.3, -0.25) is 0 Å². The van der Waals surface area contributed by atoms with Gasteiger partial charge in [-0.05, 0) is 81.4 Å². The first-order chi connectivity index (χ1) is 36.7. The van der Waals surface area contributed by atoms with Gasteiger partial charge < -0.3 is 9.13 Å². The van der Waals surface area contributed by atoms with Crippen molar-refractivity contribution in [2.45, 2.75) is 19.6 Å². The first-order valence-electron chi connectivity index (χ1n) is 27.0. The monoisotopic (exact) mass is 979 g/mol. The maximum atomic E-state index is 2.63. The molecule has 0 aliphatic rings. The Balaban J connectivity index is 1.29.